The molecule has 1 aromatic rings. The van der Waals surface area contributed by atoms with Crippen molar-refractivity contribution in [3.63, 3.8) is 0 Å². The minimum atomic E-state index is -4.16. The summed E-state index contributed by atoms with van der Waals surface area (Å²) in [5.41, 5.74) is -1.40. The third-order valence-electron chi connectivity index (χ3n) is 3.04. The van der Waals surface area contributed by atoms with Crippen molar-refractivity contribution in [1.29, 1.82) is 0 Å². The summed E-state index contributed by atoms with van der Waals surface area (Å²) < 4.78 is 40.2. The van der Waals surface area contributed by atoms with Crippen molar-refractivity contribution in [2.75, 3.05) is 0 Å². The molecule has 1 aliphatic rings. The van der Waals surface area contributed by atoms with Gasteiger partial charge >= 0.3 is 116 Å². The molecule has 0 unspecified atom stereocenters. The fourth-order valence-electron chi connectivity index (χ4n) is 1.96. The molecule has 0 saturated heterocycles. The summed E-state index contributed by atoms with van der Waals surface area (Å²) in [6, 6.07) is 5.15. The van der Waals surface area contributed by atoms with Crippen LogP contribution in [0.3, 0.4) is 0 Å². The van der Waals surface area contributed by atoms with Gasteiger partial charge in [-0.25, -0.2) is 0 Å². The topological polar surface area (TPSA) is 12.9 Å². The maximum atomic E-state index is 13.0. The summed E-state index contributed by atoms with van der Waals surface area (Å²) in [6.45, 7) is 6.39. The average molecular weight is 362 g/mol. The quantitative estimate of drug-likeness (QED) is 0.737. The van der Waals surface area contributed by atoms with Gasteiger partial charge in [0.05, 0.1) is 0 Å². The Labute approximate surface area is 115 Å². The number of pyridine rings is 1. The maximum absolute atomic E-state index is 13.0. The number of halogens is 3. The molecule has 0 N–H and O–H groups in total. The van der Waals surface area contributed by atoms with E-state index in [9.17, 15) is 13.2 Å². The van der Waals surface area contributed by atoms with Gasteiger partial charge in [0.25, 0.3) is 0 Å². The van der Waals surface area contributed by atoms with Crippen LogP contribution in [0.4, 0.5) is 13.2 Å². The second kappa shape index (κ2) is 4.39. The zero-order valence-corrected chi connectivity index (χ0v) is 13.6. The van der Waals surface area contributed by atoms with Gasteiger partial charge in [-0.1, -0.05) is 0 Å². The standard InChI is InChI=1S/C9H7F3N.C4H9.Sn/c10-9(11,12)8(4-5-8)7-3-1-2-6-13-7;1-4(2)3;/h1-3H,4-5H2;1-3H3;. The summed E-state index contributed by atoms with van der Waals surface area (Å²) in [5, 5.41) is 0. The predicted molar refractivity (Wildman–Crippen MR) is 66.3 cm³/mol. The summed E-state index contributed by atoms with van der Waals surface area (Å²) in [4.78, 5) is 4.31. The third kappa shape index (κ3) is 2.83. The normalized spacial score (nSPS) is 18.8. The van der Waals surface area contributed by atoms with Crippen LogP contribution in [0, 0.1) is 0 Å². The Morgan fingerprint density at radius 3 is 2.22 bits per heavy atom. The van der Waals surface area contributed by atoms with Crippen molar-refractivity contribution < 1.29 is 13.2 Å². The second-order valence-corrected chi connectivity index (χ2v) is 12.3. The van der Waals surface area contributed by atoms with Gasteiger partial charge in [-0.05, 0) is 0 Å². The Morgan fingerprint density at radius 2 is 1.78 bits per heavy atom. The van der Waals surface area contributed by atoms with Gasteiger partial charge in [-0.2, -0.15) is 0 Å². The third-order valence-corrected chi connectivity index (χ3v) is 6.70. The van der Waals surface area contributed by atoms with E-state index in [1.165, 1.54) is 6.07 Å². The summed E-state index contributed by atoms with van der Waals surface area (Å²) >= 11 is -0.946. The van der Waals surface area contributed by atoms with Crippen LogP contribution in [-0.4, -0.2) is 32.3 Å². The van der Waals surface area contributed by atoms with Crippen molar-refractivity contribution >= 4 is 24.9 Å². The van der Waals surface area contributed by atoms with Gasteiger partial charge in [0.1, 0.15) is 0 Å². The molecule has 0 aromatic carbocycles. The molecule has 1 aliphatic carbocycles. The van der Waals surface area contributed by atoms with E-state index in [-0.39, 0.29) is 22.0 Å². The molecule has 0 aliphatic heterocycles. The van der Waals surface area contributed by atoms with Crippen molar-refractivity contribution in [3.8, 4) is 0 Å². The molecule has 18 heavy (non-hydrogen) atoms. The first-order valence-electron chi connectivity index (χ1n) is 5.97. The first-order valence-corrected chi connectivity index (χ1v) is 8.82. The zero-order chi connectivity index (χ0) is 13.6. The molecule has 1 fully saturated rings. The fourth-order valence-corrected chi connectivity index (χ4v) is 5.17. The van der Waals surface area contributed by atoms with E-state index in [2.05, 4.69) is 25.8 Å². The van der Waals surface area contributed by atoms with Crippen LogP contribution in [-0.2, 0) is 5.41 Å². The Kier molecular flexibility index (Phi) is 3.45. The van der Waals surface area contributed by atoms with Crippen LogP contribution in [0.15, 0.2) is 18.2 Å². The van der Waals surface area contributed by atoms with E-state index in [1.807, 2.05) is 6.07 Å². The Bertz CT molecular complexity index is 444. The SMILES string of the molecule is C[C](C)(C)[Sn][c]1cccc(C2(C(F)(F)F)CC2)n1. The number of aromatic nitrogens is 1. The molecule has 1 aromatic heterocycles. The molecule has 1 nitrogen and oxygen atoms in total. The molecule has 1 heterocycles. The van der Waals surface area contributed by atoms with Gasteiger partial charge in [-0.3, -0.25) is 0 Å². The van der Waals surface area contributed by atoms with Crippen molar-refractivity contribution in [3.05, 3.63) is 23.9 Å². The summed E-state index contributed by atoms with van der Waals surface area (Å²) in [6.07, 6.45) is -3.79. The molecule has 0 amide bonds. The number of hydrogen-bond acceptors (Lipinski definition) is 1. The van der Waals surface area contributed by atoms with E-state index in [0.717, 1.165) is 3.71 Å². The van der Waals surface area contributed by atoms with Gasteiger partial charge in [0.15, 0.2) is 0 Å². The van der Waals surface area contributed by atoms with Crippen LogP contribution in [0.2, 0.25) is 3.43 Å². The molecular formula is C13H16F3NSn. The summed E-state index contributed by atoms with van der Waals surface area (Å²) in [7, 11) is 0. The van der Waals surface area contributed by atoms with Gasteiger partial charge in [0.2, 0.25) is 0 Å². The number of hydrogen-bond donors (Lipinski definition) is 0. The van der Waals surface area contributed by atoms with Gasteiger partial charge in [0, 0.05) is 0 Å². The first-order chi connectivity index (χ1) is 8.14. The van der Waals surface area contributed by atoms with Crippen molar-refractivity contribution in [2.45, 2.75) is 48.6 Å². The van der Waals surface area contributed by atoms with Crippen molar-refractivity contribution in [2.24, 2.45) is 0 Å². The number of rotatable bonds is 2. The molecule has 2 radical (unpaired) electrons. The monoisotopic (exact) mass is 363 g/mol. The molecular weight excluding hydrogens is 346 g/mol. The fraction of sp³-hybridized carbons (Fsp3) is 0.615. The summed E-state index contributed by atoms with van der Waals surface area (Å²) in [5.74, 6) is 0. The zero-order valence-electron chi connectivity index (χ0n) is 10.7. The van der Waals surface area contributed by atoms with E-state index >= 15 is 0 Å². The number of alkyl halides is 3. The molecule has 5 heteroatoms. The van der Waals surface area contributed by atoms with Crippen molar-refractivity contribution in [1.82, 2.24) is 4.98 Å². The first kappa shape index (κ1) is 14.2. The molecule has 0 spiro atoms. The van der Waals surface area contributed by atoms with Crippen LogP contribution < -0.4 is 3.71 Å². The van der Waals surface area contributed by atoms with Crippen LogP contribution in [0.5, 0.6) is 0 Å². The molecule has 1 saturated carbocycles. The number of nitrogens with zero attached hydrogens (tertiary/aromatic N) is 1. The van der Waals surface area contributed by atoms with E-state index in [0.29, 0.717) is 0 Å². The Morgan fingerprint density at radius 1 is 1.17 bits per heavy atom. The van der Waals surface area contributed by atoms with Crippen LogP contribution in [0.25, 0.3) is 0 Å². The Balaban J connectivity index is 2.29. The van der Waals surface area contributed by atoms with Crippen LogP contribution in [0.1, 0.15) is 39.3 Å². The van der Waals surface area contributed by atoms with Gasteiger partial charge in [-0.15, -0.1) is 0 Å². The molecule has 98 valence electrons. The molecule has 0 bridgehead atoms. The molecule has 0 atom stereocenters. The van der Waals surface area contributed by atoms with E-state index in [1.54, 1.807) is 6.07 Å². The second-order valence-electron chi connectivity index (χ2n) is 5.86. The average Bonchev–Trinajstić information content (AvgIpc) is 2.94. The minimum absolute atomic E-state index is 0.188. The van der Waals surface area contributed by atoms with E-state index in [4.69, 9.17) is 0 Å². The molecule has 2 rings (SSSR count). The van der Waals surface area contributed by atoms with E-state index < -0.39 is 32.7 Å². The van der Waals surface area contributed by atoms with Crippen LogP contribution >= 0.6 is 0 Å². The Hall–Kier alpha value is -0.261. The van der Waals surface area contributed by atoms with Gasteiger partial charge < -0.3 is 0 Å². The predicted octanol–water partition coefficient (Wildman–Crippen LogP) is 3.22.